The predicted octanol–water partition coefficient (Wildman–Crippen LogP) is 7.59. The third-order valence-corrected chi connectivity index (χ3v) is 9.14. The lowest BCUT2D eigenvalue weighted by Crippen LogP contribution is -2.33. The van der Waals surface area contributed by atoms with Gasteiger partial charge in [0.15, 0.2) is 0 Å². The number of nitrogens with one attached hydrogen (secondary N) is 2. The van der Waals surface area contributed by atoms with Crippen LogP contribution in [0.5, 0.6) is 5.75 Å². The first-order valence-electron chi connectivity index (χ1n) is 17.3. The van der Waals surface area contributed by atoms with Gasteiger partial charge in [0.25, 0.3) is 11.8 Å². The Morgan fingerprint density at radius 2 is 1.66 bits per heavy atom. The zero-order chi connectivity index (χ0) is 35.4. The van der Waals surface area contributed by atoms with Crippen LogP contribution in [0.25, 0.3) is 33.2 Å². The zero-order valence-corrected chi connectivity index (χ0v) is 29.3. The number of aryl methyl sites for hydroxylation is 3. The van der Waals surface area contributed by atoms with E-state index in [0.29, 0.717) is 65.0 Å². The third-order valence-electron chi connectivity index (χ3n) is 9.14. The van der Waals surface area contributed by atoms with Gasteiger partial charge in [0.05, 0.1) is 34.7 Å². The van der Waals surface area contributed by atoms with Gasteiger partial charge in [-0.1, -0.05) is 48.0 Å². The number of fused-ring (bicyclic) bond motifs is 4. The molecule has 0 saturated carbocycles. The van der Waals surface area contributed by atoms with Crippen molar-refractivity contribution >= 4 is 45.0 Å². The van der Waals surface area contributed by atoms with Crippen molar-refractivity contribution in [3.05, 3.63) is 117 Å². The summed E-state index contributed by atoms with van der Waals surface area (Å²) in [4.78, 5) is 49.3. The van der Waals surface area contributed by atoms with Crippen molar-refractivity contribution in [2.75, 3.05) is 36.5 Å². The minimum atomic E-state index is -0.476. The standard InChI is InChI=1S/C41H43N5O4/c1-6-45(7-2)29-19-20-31-33(25-29)46(8-3)38-36(41(49)42-22-13-23-50-34-21-18-26(4)24-27(34)5)39(47)30-16-12-17-32(35(30)37(38)43-31)44-40(48)28-14-10-9-11-15-28/h9-12,14-21,24-25H,6-8,13,22-23H2,1-5H3,(H,42,49)(H,44,48). The summed E-state index contributed by atoms with van der Waals surface area (Å²) in [7, 11) is 0. The molecule has 1 aliphatic heterocycles. The number of nitrogens with zero attached hydrogens (tertiary/aromatic N) is 3. The fourth-order valence-corrected chi connectivity index (χ4v) is 6.63. The summed E-state index contributed by atoms with van der Waals surface area (Å²) in [6.45, 7) is 13.1. The van der Waals surface area contributed by atoms with E-state index in [0.717, 1.165) is 35.6 Å². The van der Waals surface area contributed by atoms with Crippen LogP contribution >= 0.6 is 0 Å². The van der Waals surface area contributed by atoms with Crippen molar-refractivity contribution in [3.63, 3.8) is 0 Å². The highest BCUT2D eigenvalue weighted by molar-refractivity contribution is 6.16. The summed E-state index contributed by atoms with van der Waals surface area (Å²) in [5, 5.41) is 6.80. The zero-order valence-electron chi connectivity index (χ0n) is 29.3. The average Bonchev–Trinajstić information content (AvgIpc) is 3.12. The number of ether oxygens (including phenoxy) is 1. The number of hydrogen-bond donors (Lipinski definition) is 2. The van der Waals surface area contributed by atoms with Gasteiger partial charge in [0.1, 0.15) is 11.3 Å². The Morgan fingerprint density at radius 3 is 2.38 bits per heavy atom. The number of anilines is 2. The lowest BCUT2D eigenvalue weighted by atomic mass is 9.95. The van der Waals surface area contributed by atoms with E-state index in [2.05, 4.69) is 41.5 Å². The first-order chi connectivity index (χ1) is 24.2. The van der Waals surface area contributed by atoms with E-state index >= 15 is 0 Å². The minimum Gasteiger partial charge on any atom is -0.493 e. The molecule has 0 spiro atoms. The molecular weight excluding hydrogens is 626 g/mol. The third kappa shape index (κ3) is 6.63. The summed E-state index contributed by atoms with van der Waals surface area (Å²) in [6, 6.07) is 26.2. The molecule has 0 radical (unpaired) electrons. The summed E-state index contributed by atoms with van der Waals surface area (Å²) in [6.07, 6.45) is 0.552. The average molecular weight is 670 g/mol. The summed E-state index contributed by atoms with van der Waals surface area (Å²) < 4.78 is 7.98. The van der Waals surface area contributed by atoms with Crippen LogP contribution in [0.1, 0.15) is 59.0 Å². The number of rotatable bonds is 12. The fraction of sp³-hybridized carbons (Fsp3) is 0.268. The molecule has 50 heavy (non-hydrogen) atoms. The molecule has 0 bridgehead atoms. The van der Waals surface area contributed by atoms with Crippen molar-refractivity contribution < 1.29 is 14.3 Å². The molecule has 0 unspecified atom stereocenters. The maximum absolute atomic E-state index is 14.5. The number of aromatic nitrogens is 2. The first-order valence-corrected chi connectivity index (χ1v) is 17.3. The first kappa shape index (κ1) is 34.2. The summed E-state index contributed by atoms with van der Waals surface area (Å²) in [5.41, 5.74) is 6.22. The van der Waals surface area contributed by atoms with Crippen molar-refractivity contribution in [2.24, 2.45) is 0 Å². The highest BCUT2D eigenvalue weighted by Gasteiger charge is 2.29. The molecule has 0 atom stereocenters. The molecule has 2 aliphatic rings. The normalized spacial score (nSPS) is 11.2. The quantitative estimate of drug-likeness (QED) is 0.0791. The molecule has 256 valence electrons. The second-order valence-electron chi connectivity index (χ2n) is 12.4. The molecule has 4 aromatic carbocycles. The van der Waals surface area contributed by atoms with Crippen molar-refractivity contribution in [3.8, 4) is 17.1 Å². The van der Waals surface area contributed by atoms with Crippen molar-refractivity contribution in [2.45, 2.75) is 47.6 Å². The Balaban J connectivity index is 1.46. The molecule has 2 amide bonds. The van der Waals surface area contributed by atoms with Gasteiger partial charge in [0, 0.05) is 48.2 Å². The van der Waals surface area contributed by atoms with Gasteiger partial charge in [-0.05, 0) is 89.1 Å². The molecule has 1 heterocycles. The maximum Gasteiger partial charge on any atom is 0.257 e. The minimum absolute atomic E-state index is 0.0267. The summed E-state index contributed by atoms with van der Waals surface area (Å²) in [5.74, 6) is 0.0254. The molecule has 9 nitrogen and oxygen atoms in total. The van der Waals surface area contributed by atoms with E-state index in [1.807, 2.05) is 55.7 Å². The number of amides is 2. The van der Waals surface area contributed by atoms with Gasteiger partial charge in [-0.3, -0.25) is 14.4 Å². The lowest BCUT2D eigenvalue weighted by Gasteiger charge is -2.25. The topological polar surface area (TPSA) is 106 Å². The van der Waals surface area contributed by atoms with E-state index in [1.165, 1.54) is 5.56 Å². The van der Waals surface area contributed by atoms with Crippen molar-refractivity contribution in [1.29, 1.82) is 0 Å². The number of benzene rings is 5. The molecule has 2 N–H and O–H groups in total. The molecule has 0 saturated heterocycles. The van der Waals surface area contributed by atoms with Gasteiger partial charge in [-0.25, -0.2) is 4.98 Å². The Morgan fingerprint density at radius 1 is 0.880 bits per heavy atom. The van der Waals surface area contributed by atoms with E-state index in [4.69, 9.17) is 9.72 Å². The predicted molar refractivity (Wildman–Crippen MR) is 202 cm³/mol. The smallest absolute Gasteiger partial charge is 0.257 e. The fourth-order valence-electron chi connectivity index (χ4n) is 6.63. The Bertz CT molecular complexity index is 2220. The van der Waals surface area contributed by atoms with Crippen LogP contribution in [0.4, 0.5) is 11.4 Å². The van der Waals surface area contributed by atoms with Gasteiger partial charge in [-0.2, -0.15) is 0 Å². The van der Waals surface area contributed by atoms with E-state index in [9.17, 15) is 14.4 Å². The number of carbonyl (C=O) groups excluding carboxylic acids is 2. The van der Waals surface area contributed by atoms with Crippen molar-refractivity contribution in [1.82, 2.24) is 14.9 Å². The van der Waals surface area contributed by atoms with Crippen LogP contribution in [-0.2, 0) is 6.54 Å². The highest BCUT2D eigenvalue weighted by Crippen LogP contribution is 2.38. The molecule has 9 heteroatoms. The van der Waals surface area contributed by atoms with Crippen LogP contribution in [0.2, 0.25) is 0 Å². The van der Waals surface area contributed by atoms with Gasteiger partial charge in [0.2, 0.25) is 5.43 Å². The van der Waals surface area contributed by atoms with Crippen LogP contribution in [0, 0.1) is 13.8 Å². The molecule has 0 fully saturated rings. The monoisotopic (exact) mass is 669 g/mol. The largest absolute Gasteiger partial charge is 0.493 e. The van der Waals surface area contributed by atoms with Gasteiger partial charge in [-0.15, -0.1) is 0 Å². The molecule has 4 aromatic rings. The number of carbonyl (C=O) groups is 2. The lowest BCUT2D eigenvalue weighted by molar-refractivity contribution is 0.0949. The van der Waals surface area contributed by atoms with E-state index in [-0.39, 0.29) is 11.5 Å². The van der Waals surface area contributed by atoms with Crippen LogP contribution in [0.3, 0.4) is 0 Å². The Hall–Kier alpha value is -5.70. The van der Waals surface area contributed by atoms with Crippen LogP contribution in [0.15, 0.2) is 89.7 Å². The van der Waals surface area contributed by atoms with Gasteiger partial charge >= 0.3 is 0 Å². The maximum atomic E-state index is 14.5. The number of hydrogen-bond acceptors (Lipinski definition) is 6. The van der Waals surface area contributed by atoms with Crippen LogP contribution in [-0.4, -0.2) is 47.6 Å². The second-order valence-corrected chi connectivity index (χ2v) is 12.4. The molecule has 1 aliphatic carbocycles. The Labute approximate surface area is 292 Å². The van der Waals surface area contributed by atoms with Gasteiger partial charge < -0.3 is 24.8 Å². The summed E-state index contributed by atoms with van der Waals surface area (Å²) >= 11 is 0. The second kappa shape index (κ2) is 14.8. The molecular formula is C41H43N5O4. The van der Waals surface area contributed by atoms with E-state index < -0.39 is 11.3 Å². The molecule has 0 aromatic heterocycles. The SMILES string of the molecule is CCN(CC)c1ccc2nc3c4c(NC(=O)c5ccccc5)cccc4c(=O)c(C(=O)NCCCOc4ccc(C)cc4C)c-3n(CC)c2c1. The molecule has 6 rings (SSSR count). The highest BCUT2D eigenvalue weighted by atomic mass is 16.5. The Kier molecular flexibility index (Phi) is 10.1. The van der Waals surface area contributed by atoms with E-state index in [1.54, 1.807) is 42.5 Å². The van der Waals surface area contributed by atoms with Crippen LogP contribution < -0.4 is 25.7 Å².